The van der Waals surface area contributed by atoms with Crippen LogP contribution < -0.4 is 0 Å². The summed E-state index contributed by atoms with van der Waals surface area (Å²) in [5.74, 6) is 0.143. The Balaban J connectivity index is 1.50. The lowest BCUT2D eigenvalue weighted by Gasteiger charge is -2.15. The maximum absolute atomic E-state index is 12.2. The van der Waals surface area contributed by atoms with Crippen molar-refractivity contribution in [1.82, 2.24) is 19.4 Å². The van der Waals surface area contributed by atoms with E-state index in [1.807, 2.05) is 53.5 Å². The van der Waals surface area contributed by atoms with Crippen molar-refractivity contribution in [2.75, 3.05) is 7.05 Å². The number of hydrogen-bond donors (Lipinski definition) is 0. The van der Waals surface area contributed by atoms with E-state index in [-0.39, 0.29) is 5.91 Å². The summed E-state index contributed by atoms with van der Waals surface area (Å²) in [6, 6.07) is 10.1. The monoisotopic (exact) mass is 340 g/mol. The van der Waals surface area contributed by atoms with Gasteiger partial charge in [-0.1, -0.05) is 30.3 Å². The number of thiazole rings is 1. The third kappa shape index (κ3) is 4.29. The molecule has 0 radical (unpaired) electrons. The minimum absolute atomic E-state index is 0.143. The molecule has 0 aliphatic carbocycles. The molecule has 0 bridgehead atoms. The van der Waals surface area contributed by atoms with E-state index in [2.05, 4.69) is 9.97 Å². The lowest BCUT2D eigenvalue weighted by molar-refractivity contribution is -0.130. The summed E-state index contributed by atoms with van der Waals surface area (Å²) in [5.41, 5.74) is 2.05. The van der Waals surface area contributed by atoms with Gasteiger partial charge in [0.15, 0.2) is 0 Å². The minimum Gasteiger partial charge on any atom is -0.340 e. The second kappa shape index (κ2) is 7.88. The molecule has 0 unspecified atom stereocenters. The molecule has 2 aromatic heterocycles. The lowest BCUT2D eigenvalue weighted by atomic mass is 10.2. The Morgan fingerprint density at radius 3 is 2.88 bits per heavy atom. The summed E-state index contributed by atoms with van der Waals surface area (Å²) >= 11 is 1.61. The number of benzene rings is 1. The molecule has 1 aromatic carbocycles. The van der Waals surface area contributed by atoms with Crippen LogP contribution in [0.1, 0.15) is 18.5 Å². The van der Waals surface area contributed by atoms with Crippen molar-refractivity contribution < 1.29 is 4.79 Å². The van der Waals surface area contributed by atoms with Gasteiger partial charge in [-0.15, -0.1) is 11.3 Å². The van der Waals surface area contributed by atoms with Crippen LogP contribution in [0.2, 0.25) is 0 Å². The average Bonchev–Trinajstić information content (AvgIpc) is 3.27. The molecule has 0 saturated carbocycles. The van der Waals surface area contributed by atoms with Gasteiger partial charge in [0, 0.05) is 43.4 Å². The second-order valence-electron chi connectivity index (χ2n) is 5.66. The van der Waals surface area contributed by atoms with Crippen LogP contribution in [0.4, 0.5) is 0 Å². The summed E-state index contributed by atoms with van der Waals surface area (Å²) in [6.45, 7) is 1.36. The number of rotatable bonds is 7. The minimum atomic E-state index is 0.143. The Morgan fingerprint density at radius 1 is 1.29 bits per heavy atom. The molecule has 3 aromatic rings. The third-order valence-corrected chi connectivity index (χ3v) is 4.70. The number of amides is 1. The van der Waals surface area contributed by atoms with Crippen LogP contribution in [-0.4, -0.2) is 32.4 Å². The fourth-order valence-electron chi connectivity index (χ4n) is 2.45. The first-order valence-electron chi connectivity index (χ1n) is 7.92. The Hall–Kier alpha value is -2.47. The van der Waals surface area contributed by atoms with Crippen molar-refractivity contribution >= 4 is 17.2 Å². The maximum Gasteiger partial charge on any atom is 0.222 e. The number of imidazole rings is 1. The first kappa shape index (κ1) is 16.4. The first-order valence-corrected chi connectivity index (χ1v) is 8.80. The molecule has 0 aliphatic heterocycles. The van der Waals surface area contributed by atoms with E-state index in [0.717, 1.165) is 29.2 Å². The number of nitrogens with zero attached hydrogens (tertiary/aromatic N) is 4. The zero-order valence-corrected chi connectivity index (χ0v) is 14.4. The molecule has 2 heterocycles. The first-order chi connectivity index (χ1) is 11.7. The normalized spacial score (nSPS) is 10.7. The van der Waals surface area contributed by atoms with Crippen LogP contribution in [0.25, 0.3) is 10.6 Å². The Bertz CT molecular complexity index is 767. The highest BCUT2D eigenvalue weighted by Crippen LogP contribution is 2.23. The van der Waals surface area contributed by atoms with E-state index in [1.165, 1.54) is 0 Å². The number of carbonyl (C=O) groups excluding carboxylic acids is 1. The Morgan fingerprint density at radius 2 is 2.12 bits per heavy atom. The van der Waals surface area contributed by atoms with Crippen molar-refractivity contribution in [3.8, 4) is 10.6 Å². The highest BCUT2D eigenvalue weighted by Gasteiger charge is 2.12. The van der Waals surface area contributed by atoms with Crippen LogP contribution in [0.15, 0.2) is 54.4 Å². The van der Waals surface area contributed by atoms with E-state index in [4.69, 9.17) is 0 Å². The largest absolute Gasteiger partial charge is 0.340 e. The van der Waals surface area contributed by atoms with Crippen molar-refractivity contribution in [2.24, 2.45) is 0 Å². The van der Waals surface area contributed by atoms with Gasteiger partial charge in [-0.25, -0.2) is 9.97 Å². The zero-order valence-electron chi connectivity index (χ0n) is 13.6. The standard InChI is InChI=1S/C18H20N4OS/c1-21(17(23)8-5-10-22-11-9-19-14-22)12-16-13-24-18(20-16)15-6-3-2-4-7-15/h2-4,6-7,9,11,13-14H,5,8,10,12H2,1H3. The third-order valence-electron chi connectivity index (χ3n) is 3.76. The number of aryl methyl sites for hydroxylation is 1. The number of hydrogen-bond acceptors (Lipinski definition) is 4. The molecule has 5 nitrogen and oxygen atoms in total. The number of carbonyl (C=O) groups is 1. The summed E-state index contributed by atoms with van der Waals surface area (Å²) in [6.07, 6.45) is 6.78. The van der Waals surface area contributed by atoms with Crippen LogP contribution in [0.3, 0.4) is 0 Å². The quantitative estimate of drug-likeness (QED) is 0.662. The topological polar surface area (TPSA) is 51.0 Å². The smallest absolute Gasteiger partial charge is 0.222 e. The van der Waals surface area contributed by atoms with Crippen LogP contribution in [-0.2, 0) is 17.9 Å². The molecule has 0 fully saturated rings. The molecule has 24 heavy (non-hydrogen) atoms. The summed E-state index contributed by atoms with van der Waals surface area (Å²) < 4.78 is 1.99. The Labute approximate surface area is 145 Å². The molecule has 124 valence electrons. The van der Waals surface area contributed by atoms with Gasteiger partial charge in [-0.2, -0.15) is 0 Å². The molecular weight excluding hydrogens is 320 g/mol. The SMILES string of the molecule is CN(Cc1csc(-c2ccccc2)n1)C(=O)CCCn1ccnc1. The average molecular weight is 340 g/mol. The van der Waals surface area contributed by atoms with Gasteiger partial charge in [0.05, 0.1) is 18.6 Å². The van der Waals surface area contributed by atoms with Crippen LogP contribution >= 0.6 is 11.3 Å². The van der Waals surface area contributed by atoms with E-state index >= 15 is 0 Å². The van der Waals surface area contributed by atoms with Gasteiger partial charge in [-0.3, -0.25) is 4.79 Å². The fourth-order valence-corrected chi connectivity index (χ4v) is 3.26. The van der Waals surface area contributed by atoms with Crippen molar-refractivity contribution in [3.05, 3.63) is 60.1 Å². The molecule has 0 N–H and O–H groups in total. The van der Waals surface area contributed by atoms with Gasteiger partial charge in [-0.05, 0) is 6.42 Å². The summed E-state index contributed by atoms with van der Waals surface area (Å²) in [5, 5.41) is 3.02. The molecule has 6 heteroatoms. The van der Waals surface area contributed by atoms with Gasteiger partial charge in [0.25, 0.3) is 0 Å². The van der Waals surface area contributed by atoms with E-state index in [9.17, 15) is 4.79 Å². The lowest BCUT2D eigenvalue weighted by Crippen LogP contribution is -2.26. The molecule has 0 saturated heterocycles. The highest BCUT2D eigenvalue weighted by molar-refractivity contribution is 7.13. The van der Waals surface area contributed by atoms with Gasteiger partial charge < -0.3 is 9.47 Å². The Kier molecular flexibility index (Phi) is 5.38. The van der Waals surface area contributed by atoms with Gasteiger partial charge in [0.2, 0.25) is 5.91 Å². The molecule has 0 spiro atoms. The highest BCUT2D eigenvalue weighted by atomic mass is 32.1. The molecule has 0 aliphatic rings. The van der Waals surface area contributed by atoms with E-state index in [1.54, 1.807) is 28.8 Å². The van der Waals surface area contributed by atoms with E-state index < -0.39 is 0 Å². The van der Waals surface area contributed by atoms with E-state index in [0.29, 0.717) is 13.0 Å². The molecular formula is C18H20N4OS. The zero-order chi connectivity index (χ0) is 16.8. The van der Waals surface area contributed by atoms with Crippen molar-refractivity contribution in [3.63, 3.8) is 0 Å². The summed E-state index contributed by atoms with van der Waals surface area (Å²) in [4.78, 5) is 22.6. The van der Waals surface area contributed by atoms with Crippen molar-refractivity contribution in [1.29, 1.82) is 0 Å². The maximum atomic E-state index is 12.2. The second-order valence-corrected chi connectivity index (χ2v) is 6.52. The van der Waals surface area contributed by atoms with Gasteiger partial charge in [0.1, 0.15) is 5.01 Å². The molecule has 0 atom stereocenters. The molecule has 3 rings (SSSR count). The fraction of sp³-hybridized carbons (Fsp3) is 0.278. The van der Waals surface area contributed by atoms with Gasteiger partial charge >= 0.3 is 0 Å². The van der Waals surface area contributed by atoms with Crippen molar-refractivity contribution in [2.45, 2.75) is 25.9 Å². The van der Waals surface area contributed by atoms with Crippen LogP contribution in [0, 0.1) is 0 Å². The predicted molar refractivity (Wildman–Crippen MR) is 95.5 cm³/mol. The predicted octanol–water partition coefficient (Wildman–Crippen LogP) is 3.45. The summed E-state index contributed by atoms with van der Waals surface area (Å²) in [7, 11) is 1.83. The molecule has 1 amide bonds. The number of aromatic nitrogens is 3. The van der Waals surface area contributed by atoms with Crippen LogP contribution in [0.5, 0.6) is 0 Å².